The first-order valence-electron chi connectivity index (χ1n) is 10.2. The van der Waals surface area contributed by atoms with Crippen LogP contribution in [0, 0.1) is 0 Å². The summed E-state index contributed by atoms with van der Waals surface area (Å²) in [5.74, 6) is -1.25. The van der Waals surface area contributed by atoms with Crippen molar-refractivity contribution in [3.63, 3.8) is 0 Å². The SMILES string of the molecule is O=C(O)[C@@H]1COC2(CCN(Cc3ccccc3)CC2)N1C(=O)Cc1ccc(Cl)cc1. The fourth-order valence-corrected chi connectivity index (χ4v) is 4.52. The van der Waals surface area contributed by atoms with Crippen LogP contribution in [0.15, 0.2) is 54.6 Å². The molecule has 30 heavy (non-hydrogen) atoms. The maximum Gasteiger partial charge on any atom is 0.328 e. The fourth-order valence-electron chi connectivity index (χ4n) is 4.39. The van der Waals surface area contributed by atoms with Gasteiger partial charge in [-0.1, -0.05) is 54.1 Å². The number of benzene rings is 2. The van der Waals surface area contributed by atoms with Crippen molar-refractivity contribution in [2.45, 2.75) is 37.6 Å². The zero-order valence-electron chi connectivity index (χ0n) is 16.7. The second-order valence-electron chi connectivity index (χ2n) is 7.94. The maximum absolute atomic E-state index is 13.2. The number of halogens is 1. The smallest absolute Gasteiger partial charge is 0.328 e. The van der Waals surface area contributed by atoms with Crippen molar-refractivity contribution >= 4 is 23.5 Å². The minimum atomic E-state index is -1.02. The number of carbonyl (C=O) groups excluding carboxylic acids is 1. The Kier molecular flexibility index (Phi) is 6.09. The van der Waals surface area contributed by atoms with E-state index < -0.39 is 17.7 Å². The molecule has 2 aromatic carbocycles. The maximum atomic E-state index is 13.2. The fraction of sp³-hybridized carbons (Fsp3) is 0.391. The Bertz CT molecular complexity index is 895. The van der Waals surface area contributed by atoms with Gasteiger partial charge < -0.3 is 9.84 Å². The second kappa shape index (κ2) is 8.76. The molecular weight excluding hydrogens is 404 g/mol. The zero-order valence-corrected chi connectivity index (χ0v) is 17.4. The van der Waals surface area contributed by atoms with E-state index >= 15 is 0 Å². The van der Waals surface area contributed by atoms with Crippen LogP contribution in [-0.2, 0) is 27.3 Å². The lowest BCUT2D eigenvalue weighted by Crippen LogP contribution is -2.58. The first-order chi connectivity index (χ1) is 14.5. The minimum absolute atomic E-state index is 0.0282. The van der Waals surface area contributed by atoms with E-state index in [1.54, 1.807) is 24.3 Å². The first kappa shape index (κ1) is 20.8. The van der Waals surface area contributed by atoms with E-state index in [0.717, 1.165) is 25.2 Å². The van der Waals surface area contributed by atoms with E-state index in [9.17, 15) is 14.7 Å². The number of hydrogen-bond donors (Lipinski definition) is 1. The van der Waals surface area contributed by atoms with Crippen LogP contribution in [0.25, 0.3) is 0 Å². The van der Waals surface area contributed by atoms with Gasteiger partial charge >= 0.3 is 5.97 Å². The standard InChI is InChI=1S/C23H25ClN2O4/c24-19-8-6-17(7-9-19)14-21(27)26-20(22(28)29)16-30-23(26)10-12-25(13-11-23)15-18-4-2-1-3-5-18/h1-9,20H,10-16H2,(H,28,29)/t20-/m0/s1. The van der Waals surface area contributed by atoms with Gasteiger partial charge in [-0.2, -0.15) is 0 Å². The molecule has 0 radical (unpaired) electrons. The number of rotatable bonds is 5. The third-order valence-electron chi connectivity index (χ3n) is 5.97. The highest BCUT2D eigenvalue weighted by molar-refractivity contribution is 6.30. The van der Waals surface area contributed by atoms with E-state index in [2.05, 4.69) is 17.0 Å². The third-order valence-corrected chi connectivity index (χ3v) is 6.22. The Morgan fingerprint density at radius 1 is 1.03 bits per heavy atom. The number of likely N-dealkylation sites (tertiary alicyclic amines) is 1. The highest BCUT2D eigenvalue weighted by Crippen LogP contribution is 2.38. The molecule has 0 unspecified atom stereocenters. The number of carboxylic acid groups (broad SMARTS) is 1. The molecule has 1 amide bonds. The summed E-state index contributed by atoms with van der Waals surface area (Å²) >= 11 is 5.93. The van der Waals surface area contributed by atoms with Gasteiger partial charge in [0.2, 0.25) is 5.91 Å². The van der Waals surface area contributed by atoms with E-state index in [4.69, 9.17) is 16.3 Å². The number of amides is 1. The van der Waals surface area contributed by atoms with Crippen LogP contribution in [0.2, 0.25) is 5.02 Å². The predicted octanol–water partition coefficient (Wildman–Crippen LogP) is 3.19. The Balaban J connectivity index is 1.48. The molecule has 4 rings (SSSR count). The number of ether oxygens (including phenoxy) is 1. The largest absolute Gasteiger partial charge is 0.480 e. The first-order valence-corrected chi connectivity index (χ1v) is 10.5. The van der Waals surface area contributed by atoms with Crippen molar-refractivity contribution in [3.8, 4) is 0 Å². The summed E-state index contributed by atoms with van der Waals surface area (Å²) in [6.07, 6.45) is 1.31. The van der Waals surface area contributed by atoms with Crippen molar-refractivity contribution in [2.24, 2.45) is 0 Å². The van der Waals surface area contributed by atoms with E-state index in [1.807, 2.05) is 18.2 Å². The Hall–Kier alpha value is -2.41. The van der Waals surface area contributed by atoms with Crippen LogP contribution in [0.4, 0.5) is 0 Å². The molecule has 7 heteroatoms. The van der Waals surface area contributed by atoms with E-state index in [-0.39, 0.29) is 18.9 Å². The average Bonchev–Trinajstić information content (AvgIpc) is 3.12. The second-order valence-corrected chi connectivity index (χ2v) is 8.38. The summed E-state index contributed by atoms with van der Waals surface area (Å²) < 4.78 is 6.02. The number of nitrogens with zero attached hydrogens (tertiary/aromatic N) is 2. The van der Waals surface area contributed by atoms with Crippen LogP contribution in [-0.4, -0.2) is 58.2 Å². The quantitative estimate of drug-likeness (QED) is 0.792. The lowest BCUT2D eigenvalue weighted by Gasteiger charge is -2.44. The number of aliphatic carboxylic acids is 1. The summed E-state index contributed by atoms with van der Waals surface area (Å²) in [5.41, 5.74) is 1.19. The Morgan fingerprint density at radius 2 is 1.70 bits per heavy atom. The Labute approximate surface area is 181 Å². The van der Waals surface area contributed by atoms with Crippen LogP contribution in [0.3, 0.4) is 0 Å². The molecule has 6 nitrogen and oxygen atoms in total. The Morgan fingerprint density at radius 3 is 2.33 bits per heavy atom. The van der Waals surface area contributed by atoms with E-state index in [0.29, 0.717) is 17.9 Å². The normalized spacial score (nSPS) is 21.1. The molecular formula is C23H25ClN2O4. The monoisotopic (exact) mass is 428 g/mol. The zero-order chi connectivity index (χ0) is 21.1. The van der Waals surface area contributed by atoms with Crippen molar-refractivity contribution in [2.75, 3.05) is 19.7 Å². The van der Waals surface area contributed by atoms with Crippen molar-refractivity contribution in [3.05, 3.63) is 70.7 Å². The molecule has 0 bridgehead atoms. The molecule has 158 valence electrons. The molecule has 2 aliphatic rings. The van der Waals surface area contributed by atoms with Gasteiger partial charge in [-0.05, 0) is 23.3 Å². The average molecular weight is 429 g/mol. The molecule has 2 saturated heterocycles. The minimum Gasteiger partial charge on any atom is -0.480 e. The molecule has 2 heterocycles. The molecule has 0 aromatic heterocycles. The molecule has 1 N–H and O–H groups in total. The van der Waals surface area contributed by atoms with Gasteiger partial charge in [-0.15, -0.1) is 0 Å². The molecule has 1 spiro atoms. The van der Waals surface area contributed by atoms with Gasteiger partial charge in [0.25, 0.3) is 0 Å². The highest BCUT2D eigenvalue weighted by atomic mass is 35.5. The molecule has 2 fully saturated rings. The highest BCUT2D eigenvalue weighted by Gasteiger charge is 2.53. The van der Waals surface area contributed by atoms with Gasteiger partial charge in [0.15, 0.2) is 6.04 Å². The molecule has 2 aliphatic heterocycles. The van der Waals surface area contributed by atoms with Crippen molar-refractivity contribution in [1.29, 1.82) is 0 Å². The summed E-state index contributed by atoms with van der Waals surface area (Å²) in [5, 5.41) is 10.3. The topological polar surface area (TPSA) is 70.1 Å². The van der Waals surface area contributed by atoms with E-state index in [1.165, 1.54) is 10.5 Å². The van der Waals surface area contributed by atoms with Crippen LogP contribution in [0.1, 0.15) is 24.0 Å². The van der Waals surface area contributed by atoms with Crippen LogP contribution in [0.5, 0.6) is 0 Å². The number of carbonyl (C=O) groups is 2. The predicted molar refractivity (Wildman–Crippen MR) is 113 cm³/mol. The number of hydrogen-bond acceptors (Lipinski definition) is 4. The van der Waals surface area contributed by atoms with Gasteiger partial charge in [0, 0.05) is 37.5 Å². The van der Waals surface area contributed by atoms with Gasteiger partial charge in [-0.3, -0.25) is 14.6 Å². The molecule has 0 aliphatic carbocycles. The van der Waals surface area contributed by atoms with Gasteiger partial charge in [0.05, 0.1) is 13.0 Å². The summed E-state index contributed by atoms with van der Waals surface area (Å²) in [6.45, 7) is 2.34. The summed E-state index contributed by atoms with van der Waals surface area (Å²) in [4.78, 5) is 28.8. The van der Waals surface area contributed by atoms with Crippen LogP contribution >= 0.6 is 11.6 Å². The number of carboxylic acids is 1. The molecule has 1 atom stereocenters. The molecule has 2 aromatic rings. The molecule has 0 saturated carbocycles. The lowest BCUT2D eigenvalue weighted by molar-refractivity contribution is -0.165. The lowest BCUT2D eigenvalue weighted by atomic mass is 9.96. The number of piperidine rings is 1. The van der Waals surface area contributed by atoms with Gasteiger partial charge in [-0.25, -0.2) is 4.79 Å². The summed E-state index contributed by atoms with van der Waals surface area (Å²) in [7, 11) is 0. The third kappa shape index (κ3) is 4.36. The van der Waals surface area contributed by atoms with Gasteiger partial charge in [0.1, 0.15) is 5.72 Å². The van der Waals surface area contributed by atoms with Crippen molar-refractivity contribution in [1.82, 2.24) is 9.80 Å². The summed E-state index contributed by atoms with van der Waals surface area (Å²) in [6, 6.07) is 16.3. The van der Waals surface area contributed by atoms with Crippen molar-refractivity contribution < 1.29 is 19.4 Å². The van der Waals surface area contributed by atoms with Crippen LogP contribution < -0.4 is 0 Å².